The zero-order chi connectivity index (χ0) is 20.6. The summed E-state index contributed by atoms with van der Waals surface area (Å²) in [6, 6.07) is 11.4. The monoisotopic (exact) mass is 411 g/mol. The molecule has 2 aliphatic heterocycles. The van der Waals surface area contributed by atoms with Crippen LogP contribution in [0.15, 0.2) is 48.8 Å². The second-order valence-electron chi connectivity index (χ2n) is 7.72. The minimum atomic E-state index is -0.0639. The standard InChI is InChI=1S/C23H29N3O4/c27-23(19-3-5-21(6-4-19)30-16-18-2-1-8-24-14-18)25-15-22(20-7-11-29-17-20)26-9-12-28-13-10-26/h1-6,8,14,20,22H,7,9-13,15-17H2,(H,25,27)/t20-,22+/m1/s1. The maximum absolute atomic E-state index is 12.7. The highest BCUT2D eigenvalue weighted by Gasteiger charge is 2.31. The highest BCUT2D eigenvalue weighted by Crippen LogP contribution is 2.22. The van der Waals surface area contributed by atoms with E-state index in [4.69, 9.17) is 14.2 Å². The smallest absolute Gasteiger partial charge is 0.251 e. The van der Waals surface area contributed by atoms with Crippen LogP contribution < -0.4 is 10.1 Å². The first-order valence-electron chi connectivity index (χ1n) is 10.6. The number of nitrogens with zero attached hydrogens (tertiary/aromatic N) is 2. The Morgan fingerprint density at radius 2 is 2.00 bits per heavy atom. The van der Waals surface area contributed by atoms with Crippen LogP contribution >= 0.6 is 0 Å². The van der Waals surface area contributed by atoms with Crippen LogP contribution in [0, 0.1) is 5.92 Å². The van der Waals surface area contributed by atoms with Crippen molar-refractivity contribution in [2.45, 2.75) is 19.1 Å². The largest absolute Gasteiger partial charge is 0.489 e. The molecule has 2 aromatic rings. The lowest BCUT2D eigenvalue weighted by molar-refractivity contribution is 0.00166. The van der Waals surface area contributed by atoms with Crippen molar-refractivity contribution in [1.82, 2.24) is 15.2 Å². The van der Waals surface area contributed by atoms with Gasteiger partial charge in [0.05, 0.1) is 19.8 Å². The van der Waals surface area contributed by atoms with E-state index < -0.39 is 0 Å². The van der Waals surface area contributed by atoms with Crippen LogP contribution in [-0.4, -0.2) is 67.9 Å². The van der Waals surface area contributed by atoms with E-state index in [9.17, 15) is 4.79 Å². The van der Waals surface area contributed by atoms with Gasteiger partial charge < -0.3 is 19.5 Å². The summed E-state index contributed by atoms with van der Waals surface area (Å²) >= 11 is 0. The molecular weight excluding hydrogens is 382 g/mol. The van der Waals surface area contributed by atoms with Crippen LogP contribution in [-0.2, 0) is 16.1 Å². The molecule has 2 atom stereocenters. The van der Waals surface area contributed by atoms with E-state index in [1.807, 2.05) is 24.3 Å². The second-order valence-corrected chi connectivity index (χ2v) is 7.72. The Labute approximate surface area is 177 Å². The molecular formula is C23H29N3O4. The number of carbonyl (C=O) groups is 1. The van der Waals surface area contributed by atoms with Gasteiger partial charge in [0.25, 0.3) is 5.91 Å². The van der Waals surface area contributed by atoms with Gasteiger partial charge in [0.1, 0.15) is 12.4 Å². The summed E-state index contributed by atoms with van der Waals surface area (Å²) in [4.78, 5) is 19.2. The molecule has 0 bridgehead atoms. The number of morpholine rings is 1. The average Bonchev–Trinajstić information content (AvgIpc) is 3.34. The molecule has 2 fully saturated rings. The molecule has 7 nitrogen and oxygen atoms in total. The lowest BCUT2D eigenvalue weighted by Gasteiger charge is -2.37. The van der Waals surface area contributed by atoms with Crippen molar-refractivity contribution in [3.8, 4) is 5.75 Å². The summed E-state index contributed by atoms with van der Waals surface area (Å²) in [6.07, 6.45) is 4.56. The lowest BCUT2D eigenvalue weighted by Crippen LogP contribution is -2.52. The summed E-state index contributed by atoms with van der Waals surface area (Å²) in [7, 11) is 0. The average molecular weight is 412 g/mol. The molecule has 3 heterocycles. The normalized spacial score (nSPS) is 20.6. The van der Waals surface area contributed by atoms with E-state index in [-0.39, 0.29) is 11.9 Å². The van der Waals surface area contributed by atoms with Crippen molar-refractivity contribution in [1.29, 1.82) is 0 Å². The first kappa shape index (κ1) is 20.8. The maximum Gasteiger partial charge on any atom is 0.251 e. The van der Waals surface area contributed by atoms with Gasteiger partial charge in [-0.25, -0.2) is 0 Å². The number of hydrogen-bond acceptors (Lipinski definition) is 6. The Morgan fingerprint density at radius 1 is 1.17 bits per heavy atom. The molecule has 2 aliphatic rings. The summed E-state index contributed by atoms with van der Waals surface area (Å²) in [5.74, 6) is 1.11. The number of nitrogens with one attached hydrogen (secondary N) is 1. The Balaban J connectivity index is 1.30. The molecule has 30 heavy (non-hydrogen) atoms. The SMILES string of the molecule is O=C(NC[C@@H]([C@@H]1CCOC1)N1CCOCC1)c1ccc(OCc2cccnc2)cc1. The molecule has 0 radical (unpaired) electrons. The first-order valence-corrected chi connectivity index (χ1v) is 10.6. The van der Waals surface area contributed by atoms with Gasteiger partial charge in [-0.2, -0.15) is 0 Å². The molecule has 4 rings (SSSR count). The third kappa shape index (κ3) is 5.56. The van der Waals surface area contributed by atoms with Crippen molar-refractivity contribution in [3.05, 3.63) is 59.9 Å². The number of benzene rings is 1. The lowest BCUT2D eigenvalue weighted by atomic mass is 9.96. The molecule has 160 valence electrons. The van der Waals surface area contributed by atoms with Gasteiger partial charge in [-0.05, 0) is 36.8 Å². The molecule has 7 heteroatoms. The molecule has 0 aliphatic carbocycles. The highest BCUT2D eigenvalue weighted by molar-refractivity contribution is 5.94. The van der Waals surface area contributed by atoms with Crippen LogP contribution in [0.5, 0.6) is 5.75 Å². The zero-order valence-electron chi connectivity index (χ0n) is 17.2. The molecule has 0 spiro atoms. The highest BCUT2D eigenvalue weighted by atomic mass is 16.5. The minimum absolute atomic E-state index is 0.0639. The van der Waals surface area contributed by atoms with Gasteiger partial charge in [-0.3, -0.25) is 14.7 Å². The number of pyridine rings is 1. The summed E-state index contributed by atoms with van der Waals surface area (Å²) in [6.45, 7) is 5.94. The van der Waals surface area contributed by atoms with Gasteiger partial charge in [-0.15, -0.1) is 0 Å². The van der Waals surface area contributed by atoms with Gasteiger partial charge in [0.2, 0.25) is 0 Å². The van der Waals surface area contributed by atoms with Crippen molar-refractivity contribution in [2.75, 3.05) is 46.1 Å². The molecule has 0 unspecified atom stereocenters. The quantitative estimate of drug-likeness (QED) is 0.718. The Kier molecular flexibility index (Phi) is 7.29. The topological polar surface area (TPSA) is 72.9 Å². The van der Waals surface area contributed by atoms with Crippen molar-refractivity contribution in [3.63, 3.8) is 0 Å². The predicted molar refractivity (Wildman–Crippen MR) is 112 cm³/mol. The van der Waals surface area contributed by atoms with E-state index in [0.717, 1.165) is 57.3 Å². The fourth-order valence-corrected chi connectivity index (χ4v) is 4.01. The number of carbonyl (C=O) groups excluding carboxylic acids is 1. The Bertz CT molecular complexity index is 788. The van der Waals surface area contributed by atoms with E-state index in [1.54, 1.807) is 24.5 Å². The predicted octanol–water partition coefficient (Wildman–Crippen LogP) is 2.13. The number of aromatic nitrogens is 1. The summed E-state index contributed by atoms with van der Waals surface area (Å²) in [5, 5.41) is 3.12. The summed E-state index contributed by atoms with van der Waals surface area (Å²) < 4.78 is 16.9. The van der Waals surface area contributed by atoms with Gasteiger partial charge in [-0.1, -0.05) is 6.07 Å². The second kappa shape index (κ2) is 10.5. The number of ether oxygens (including phenoxy) is 3. The van der Waals surface area contributed by atoms with Crippen molar-refractivity contribution < 1.29 is 19.0 Å². The molecule has 0 saturated carbocycles. The molecule has 1 N–H and O–H groups in total. The molecule has 1 aromatic heterocycles. The van der Waals surface area contributed by atoms with E-state index >= 15 is 0 Å². The van der Waals surface area contributed by atoms with Crippen molar-refractivity contribution >= 4 is 5.91 Å². The fourth-order valence-electron chi connectivity index (χ4n) is 4.01. The minimum Gasteiger partial charge on any atom is -0.489 e. The van der Waals surface area contributed by atoms with Crippen LogP contribution in [0.25, 0.3) is 0 Å². The number of rotatable bonds is 8. The molecule has 1 aromatic carbocycles. The van der Waals surface area contributed by atoms with E-state index in [2.05, 4.69) is 15.2 Å². The van der Waals surface area contributed by atoms with Crippen LogP contribution in [0.4, 0.5) is 0 Å². The van der Waals surface area contributed by atoms with Crippen LogP contribution in [0.2, 0.25) is 0 Å². The first-order chi connectivity index (χ1) is 14.8. The van der Waals surface area contributed by atoms with Gasteiger partial charge in [0.15, 0.2) is 0 Å². The van der Waals surface area contributed by atoms with Crippen LogP contribution in [0.1, 0.15) is 22.3 Å². The third-order valence-corrected chi connectivity index (χ3v) is 5.74. The Morgan fingerprint density at radius 3 is 2.70 bits per heavy atom. The Hall–Kier alpha value is -2.48. The van der Waals surface area contributed by atoms with Crippen LogP contribution in [0.3, 0.4) is 0 Å². The maximum atomic E-state index is 12.7. The van der Waals surface area contributed by atoms with E-state index in [0.29, 0.717) is 24.6 Å². The number of amides is 1. The number of hydrogen-bond donors (Lipinski definition) is 1. The fraction of sp³-hybridized carbons (Fsp3) is 0.478. The molecule has 1 amide bonds. The van der Waals surface area contributed by atoms with E-state index in [1.165, 1.54) is 0 Å². The van der Waals surface area contributed by atoms with Gasteiger partial charge >= 0.3 is 0 Å². The third-order valence-electron chi connectivity index (χ3n) is 5.74. The zero-order valence-corrected chi connectivity index (χ0v) is 17.2. The van der Waals surface area contributed by atoms with Gasteiger partial charge in [0, 0.05) is 61.7 Å². The molecule has 2 saturated heterocycles. The summed E-state index contributed by atoms with van der Waals surface area (Å²) in [5.41, 5.74) is 1.64. The van der Waals surface area contributed by atoms with Crippen molar-refractivity contribution in [2.24, 2.45) is 5.92 Å².